The van der Waals surface area contributed by atoms with E-state index in [-0.39, 0.29) is 12.5 Å². The predicted octanol–water partition coefficient (Wildman–Crippen LogP) is 11.1. The number of amides is 1. The molecule has 9 heteroatoms. The molecule has 0 bridgehead atoms. The second kappa shape index (κ2) is 40.3. The average Bonchev–Trinajstić information content (AvgIpc) is 3.22. The molecule has 0 aromatic heterocycles. The van der Waals surface area contributed by atoms with Gasteiger partial charge in [-0.25, -0.2) is 0 Å². The fraction of sp³-hybridized carbons (Fsp3) is 0.980. The third kappa shape index (κ3) is 30.3. The molecule has 0 aromatic rings. The van der Waals surface area contributed by atoms with Crippen molar-refractivity contribution in [2.75, 3.05) is 13.2 Å². The largest absolute Gasteiger partial charge is 0.394 e. The second-order valence-electron chi connectivity index (χ2n) is 18.0. The lowest BCUT2D eigenvalue weighted by atomic mass is 9.99. The van der Waals surface area contributed by atoms with Crippen LogP contribution in [0.25, 0.3) is 0 Å². The van der Waals surface area contributed by atoms with Crippen molar-refractivity contribution in [3.8, 4) is 0 Å². The van der Waals surface area contributed by atoms with Crippen LogP contribution in [0.4, 0.5) is 0 Å². The zero-order valence-electron chi connectivity index (χ0n) is 38.1. The van der Waals surface area contributed by atoms with Gasteiger partial charge in [0.1, 0.15) is 24.4 Å². The van der Waals surface area contributed by atoms with Gasteiger partial charge in [0.05, 0.1) is 25.4 Å². The number of carbonyl (C=O) groups excluding carboxylic acids is 1. The Labute approximate surface area is 357 Å². The quantitative estimate of drug-likeness (QED) is 0.0333. The summed E-state index contributed by atoms with van der Waals surface area (Å²) in [6, 6.07) is -0.711. The Morgan fingerprint density at radius 1 is 0.517 bits per heavy atom. The number of hydrogen-bond acceptors (Lipinski definition) is 8. The van der Waals surface area contributed by atoms with E-state index >= 15 is 0 Å². The summed E-state index contributed by atoms with van der Waals surface area (Å²) in [5.41, 5.74) is 0. The van der Waals surface area contributed by atoms with Crippen molar-refractivity contribution < 1.29 is 39.8 Å². The van der Waals surface area contributed by atoms with E-state index in [1.54, 1.807) is 0 Å². The highest BCUT2D eigenvalue weighted by atomic mass is 16.7. The molecule has 6 N–H and O–H groups in total. The first-order chi connectivity index (χ1) is 28.3. The Balaban J connectivity index is 2.20. The molecule has 1 aliphatic heterocycles. The smallest absolute Gasteiger partial charge is 0.220 e. The Hall–Kier alpha value is -0.810. The Morgan fingerprint density at radius 3 is 1.22 bits per heavy atom. The number of carbonyl (C=O) groups is 1. The summed E-state index contributed by atoms with van der Waals surface area (Å²) in [6.45, 7) is 3.85. The fourth-order valence-corrected chi connectivity index (χ4v) is 8.40. The number of nitrogens with one attached hydrogen (secondary N) is 1. The maximum absolute atomic E-state index is 13.0. The zero-order valence-corrected chi connectivity index (χ0v) is 38.1. The van der Waals surface area contributed by atoms with Gasteiger partial charge in [-0.1, -0.05) is 232 Å². The number of hydrogen-bond donors (Lipinski definition) is 6. The van der Waals surface area contributed by atoms with Gasteiger partial charge < -0.3 is 40.3 Å². The molecular weight excluding hydrogens is 731 g/mol. The predicted molar refractivity (Wildman–Crippen MR) is 240 cm³/mol. The van der Waals surface area contributed by atoms with E-state index in [4.69, 9.17) is 9.47 Å². The molecule has 1 aliphatic rings. The first-order valence-electron chi connectivity index (χ1n) is 25.2. The van der Waals surface area contributed by atoms with E-state index in [9.17, 15) is 30.3 Å². The van der Waals surface area contributed by atoms with E-state index in [1.165, 1.54) is 186 Å². The highest BCUT2D eigenvalue weighted by Gasteiger charge is 2.44. The third-order valence-electron chi connectivity index (χ3n) is 12.5. The Kier molecular flexibility index (Phi) is 38.3. The second-order valence-corrected chi connectivity index (χ2v) is 18.0. The topological polar surface area (TPSA) is 149 Å². The van der Waals surface area contributed by atoms with Crippen LogP contribution in [-0.2, 0) is 14.3 Å². The lowest BCUT2D eigenvalue weighted by Crippen LogP contribution is -2.60. The summed E-state index contributed by atoms with van der Waals surface area (Å²) in [7, 11) is 0. The van der Waals surface area contributed by atoms with E-state index in [0.29, 0.717) is 12.8 Å². The average molecular weight is 828 g/mol. The van der Waals surface area contributed by atoms with Gasteiger partial charge in [-0.2, -0.15) is 0 Å². The molecule has 1 fully saturated rings. The van der Waals surface area contributed by atoms with Crippen LogP contribution in [0.1, 0.15) is 251 Å². The van der Waals surface area contributed by atoms with Crippen molar-refractivity contribution in [3.63, 3.8) is 0 Å². The van der Waals surface area contributed by atoms with Gasteiger partial charge in [-0.3, -0.25) is 4.79 Å². The molecule has 1 heterocycles. The number of aliphatic hydroxyl groups excluding tert-OH is 5. The summed E-state index contributed by atoms with van der Waals surface area (Å²) in [4.78, 5) is 13.0. The molecule has 1 saturated heterocycles. The molecule has 0 aliphatic carbocycles. The molecule has 9 nitrogen and oxygen atoms in total. The van der Waals surface area contributed by atoms with E-state index < -0.39 is 49.5 Å². The van der Waals surface area contributed by atoms with Gasteiger partial charge in [-0.15, -0.1) is 0 Å². The van der Waals surface area contributed by atoms with Crippen LogP contribution >= 0.6 is 0 Å². The summed E-state index contributed by atoms with van der Waals surface area (Å²) < 4.78 is 11.3. The van der Waals surface area contributed by atoms with Crippen LogP contribution in [0.3, 0.4) is 0 Å². The monoisotopic (exact) mass is 828 g/mol. The highest BCUT2D eigenvalue weighted by molar-refractivity contribution is 5.76. The molecule has 2 unspecified atom stereocenters. The first-order valence-corrected chi connectivity index (χ1v) is 25.2. The van der Waals surface area contributed by atoms with Crippen LogP contribution < -0.4 is 5.32 Å². The van der Waals surface area contributed by atoms with E-state index in [1.807, 2.05) is 0 Å². The molecule has 346 valence electrons. The van der Waals surface area contributed by atoms with Gasteiger partial charge in [0.25, 0.3) is 0 Å². The normalized spacial score (nSPS) is 20.7. The summed E-state index contributed by atoms with van der Waals surface area (Å²) in [5, 5.41) is 54.4. The number of unbranched alkanes of at least 4 members (excludes halogenated alkanes) is 33. The first kappa shape index (κ1) is 55.2. The van der Waals surface area contributed by atoms with Crippen molar-refractivity contribution in [2.45, 2.75) is 294 Å². The Morgan fingerprint density at radius 2 is 0.862 bits per heavy atom. The van der Waals surface area contributed by atoms with Crippen molar-refractivity contribution in [3.05, 3.63) is 0 Å². The van der Waals surface area contributed by atoms with Crippen molar-refractivity contribution >= 4 is 5.91 Å². The standard InChI is InChI=1S/C49H97NO8/c1-3-5-7-9-11-13-15-17-18-19-20-21-22-23-24-25-26-27-29-31-33-35-37-39-45(53)50-42(41-57-49-48(56)47(55)46(54)44(40-51)58-49)43(52)38-36-34-32-30-28-16-14-12-10-8-6-4-2/h42-44,46-49,51-52,54-56H,3-41H2,1-2H3,(H,50,53)/t42-,43+,44+,46+,47?,48?,49+/m0/s1. The fourth-order valence-electron chi connectivity index (χ4n) is 8.40. The number of aliphatic hydroxyl groups is 5. The van der Waals surface area contributed by atoms with E-state index in [2.05, 4.69) is 19.2 Å². The van der Waals surface area contributed by atoms with Gasteiger partial charge in [-0.05, 0) is 12.8 Å². The summed E-state index contributed by atoms with van der Waals surface area (Å²) in [5.74, 6) is -0.139. The molecule has 1 amide bonds. The van der Waals surface area contributed by atoms with Gasteiger partial charge in [0.2, 0.25) is 5.91 Å². The van der Waals surface area contributed by atoms with Crippen LogP contribution in [0, 0.1) is 0 Å². The van der Waals surface area contributed by atoms with Gasteiger partial charge >= 0.3 is 0 Å². The van der Waals surface area contributed by atoms with Crippen molar-refractivity contribution in [1.29, 1.82) is 0 Å². The molecule has 7 atom stereocenters. The van der Waals surface area contributed by atoms with Crippen molar-refractivity contribution in [1.82, 2.24) is 5.32 Å². The summed E-state index contributed by atoms with van der Waals surface area (Å²) in [6.07, 6.45) is 38.4. The number of rotatable bonds is 43. The minimum Gasteiger partial charge on any atom is -0.394 e. The molecular formula is C49H97NO8. The van der Waals surface area contributed by atoms with Crippen LogP contribution in [0.2, 0.25) is 0 Å². The highest BCUT2D eigenvalue weighted by Crippen LogP contribution is 2.23. The Bertz CT molecular complexity index is 878. The molecule has 0 aromatic carbocycles. The summed E-state index contributed by atoms with van der Waals surface area (Å²) >= 11 is 0. The SMILES string of the molecule is CCCCCCCCCCCCCCCCCCCCCCCCCC(=O)N[C@@H](CO[C@@H]1O[C@H](CO)[C@@H](O)C(O)C1O)[C@H](O)CCCCCCCCCCCCCC. The van der Waals surface area contributed by atoms with Crippen molar-refractivity contribution in [2.24, 2.45) is 0 Å². The van der Waals surface area contributed by atoms with Crippen LogP contribution in [0.15, 0.2) is 0 Å². The minimum atomic E-state index is -1.55. The lowest BCUT2D eigenvalue weighted by molar-refractivity contribution is -0.302. The molecule has 0 spiro atoms. The minimum absolute atomic E-state index is 0.132. The third-order valence-corrected chi connectivity index (χ3v) is 12.5. The zero-order chi connectivity index (χ0) is 42.3. The molecule has 1 rings (SSSR count). The van der Waals surface area contributed by atoms with Gasteiger partial charge in [0.15, 0.2) is 6.29 Å². The maximum Gasteiger partial charge on any atom is 0.220 e. The number of ether oxygens (including phenoxy) is 2. The lowest BCUT2D eigenvalue weighted by Gasteiger charge is -2.40. The molecule has 0 radical (unpaired) electrons. The van der Waals surface area contributed by atoms with E-state index in [0.717, 1.165) is 38.5 Å². The molecule has 58 heavy (non-hydrogen) atoms. The van der Waals surface area contributed by atoms with Crippen LogP contribution in [0.5, 0.6) is 0 Å². The van der Waals surface area contributed by atoms with Gasteiger partial charge in [0, 0.05) is 6.42 Å². The van der Waals surface area contributed by atoms with Crippen LogP contribution in [-0.4, -0.2) is 87.5 Å². The molecule has 0 saturated carbocycles. The maximum atomic E-state index is 13.0.